The molecule has 1 fully saturated rings. The van der Waals surface area contributed by atoms with Crippen LogP contribution in [0.4, 0.5) is 0 Å². The number of aliphatic carboxylic acids is 1. The highest BCUT2D eigenvalue weighted by atomic mass is 16.5. The molecule has 0 amide bonds. The van der Waals surface area contributed by atoms with Crippen molar-refractivity contribution in [2.45, 2.75) is 57.3 Å². The highest BCUT2D eigenvalue weighted by Gasteiger charge is 2.42. The minimum Gasteiger partial charge on any atom is -0.480 e. The first-order valence-electron chi connectivity index (χ1n) is 6.69. The van der Waals surface area contributed by atoms with Crippen LogP contribution in [0.5, 0.6) is 0 Å². The van der Waals surface area contributed by atoms with Crippen molar-refractivity contribution in [2.75, 3.05) is 20.3 Å². The molecule has 1 aliphatic rings. The van der Waals surface area contributed by atoms with E-state index in [1.54, 1.807) is 7.05 Å². The van der Waals surface area contributed by atoms with Crippen molar-refractivity contribution < 1.29 is 19.4 Å². The zero-order valence-corrected chi connectivity index (χ0v) is 11.6. The highest BCUT2D eigenvalue weighted by molar-refractivity contribution is 5.79. The summed E-state index contributed by atoms with van der Waals surface area (Å²) in [6.07, 6.45) is 2.99. The molecule has 3 unspecified atom stereocenters. The van der Waals surface area contributed by atoms with Gasteiger partial charge in [-0.1, -0.05) is 0 Å². The zero-order valence-electron chi connectivity index (χ0n) is 11.6. The molecule has 5 nitrogen and oxygen atoms in total. The molecule has 106 valence electrons. The maximum Gasteiger partial charge on any atom is 0.323 e. The Hall–Kier alpha value is -0.650. The summed E-state index contributed by atoms with van der Waals surface area (Å²) in [6, 6.07) is 0. The molecule has 1 rings (SSSR count). The SMILES string of the molecule is CCOCC(C)OC1CCCC(NC)(C(=O)O)C1. The van der Waals surface area contributed by atoms with Crippen LogP contribution >= 0.6 is 0 Å². The van der Waals surface area contributed by atoms with Crippen molar-refractivity contribution in [2.24, 2.45) is 0 Å². The van der Waals surface area contributed by atoms with E-state index in [4.69, 9.17) is 9.47 Å². The van der Waals surface area contributed by atoms with Crippen LogP contribution in [0.15, 0.2) is 0 Å². The number of carboxylic acids is 1. The van der Waals surface area contributed by atoms with Crippen LogP contribution in [0.1, 0.15) is 39.5 Å². The van der Waals surface area contributed by atoms with Crippen molar-refractivity contribution in [1.82, 2.24) is 5.32 Å². The number of carboxylic acid groups (broad SMARTS) is 1. The largest absolute Gasteiger partial charge is 0.480 e. The number of hydrogen-bond donors (Lipinski definition) is 2. The number of ether oxygens (including phenoxy) is 2. The fourth-order valence-electron chi connectivity index (χ4n) is 2.52. The molecule has 0 aromatic rings. The Kier molecular flexibility index (Phi) is 6.05. The lowest BCUT2D eigenvalue weighted by molar-refractivity contribution is -0.150. The Labute approximate surface area is 109 Å². The Morgan fingerprint density at radius 1 is 1.61 bits per heavy atom. The van der Waals surface area contributed by atoms with E-state index in [0.717, 1.165) is 12.8 Å². The fourth-order valence-corrected chi connectivity index (χ4v) is 2.52. The van der Waals surface area contributed by atoms with Crippen LogP contribution in [-0.2, 0) is 14.3 Å². The zero-order chi connectivity index (χ0) is 13.6. The van der Waals surface area contributed by atoms with Gasteiger partial charge in [-0.05, 0) is 40.2 Å². The van der Waals surface area contributed by atoms with Crippen molar-refractivity contribution in [3.8, 4) is 0 Å². The highest BCUT2D eigenvalue weighted by Crippen LogP contribution is 2.30. The molecule has 0 saturated heterocycles. The van der Waals surface area contributed by atoms with Crippen molar-refractivity contribution in [3.63, 3.8) is 0 Å². The molecule has 1 saturated carbocycles. The van der Waals surface area contributed by atoms with Gasteiger partial charge in [-0.25, -0.2) is 0 Å². The first-order chi connectivity index (χ1) is 8.54. The average molecular weight is 259 g/mol. The van der Waals surface area contributed by atoms with Crippen LogP contribution in [0.25, 0.3) is 0 Å². The lowest BCUT2D eigenvalue weighted by Gasteiger charge is -2.38. The van der Waals surface area contributed by atoms with Gasteiger partial charge >= 0.3 is 5.97 Å². The average Bonchev–Trinajstić information content (AvgIpc) is 2.36. The molecule has 18 heavy (non-hydrogen) atoms. The molecular weight excluding hydrogens is 234 g/mol. The van der Waals surface area contributed by atoms with Gasteiger partial charge in [-0.15, -0.1) is 0 Å². The summed E-state index contributed by atoms with van der Waals surface area (Å²) in [7, 11) is 1.71. The first-order valence-corrected chi connectivity index (χ1v) is 6.69. The molecule has 0 aliphatic heterocycles. The van der Waals surface area contributed by atoms with Crippen LogP contribution in [0, 0.1) is 0 Å². The maximum atomic E-state index is 11.4. The van der Waals surface area contributed by atoms with Crippen molar-refractivity contribution in [3.05, 3.63) is 0 Å². The van der Waals surface area contributed by atoms with Crippen LogP contribution in [-0.4, -0.2) is 49.1 Å². The molecule has 3 atom stereocenters. The minimum atomic E-state index is -0.825. The second kappa shape index (κ2) is 7.07. The summed E-state index contributed by atoms with van der Waals surface area (Å²) >= 11 is 0. The molecular formula is C13H25NO4. The molecule has 5 heteroatoms. The first kappa shape index (κ1) is 15.4. The topological polar surface area (TPSA) is 67.8 Å². The standard InChI is InChI=1S/C13H25NO4/c1-4-17-9-10(2)18-11-6-5-7-13(8-11,14-3)12(15)16/h10-11,14H,4-9H2,1-3H3,(H,15,16). The maximum absolute atomic E-state index is 11.4. The van der Waals surface area contributed by atoms with E-state index in [1.807, 2.05) is 13.8 Å². The number of hydrogen-bond acceptors (Lipinski definition) is 4. The Bertz CT molecular complexity index is 272. The number of nitrogens with one attached hydrogen (secondary N) is 1. The van der Waals surface area contributed by atoms with Gasteiger partial charge in [0.05, 0.1) is 18.8 Å². The predicted molar refractivity (Wildman–Crippen MR) is 68.7 cm³/mol. The molecule has 0 bridgehead atoms. The van der Waals surface area contributed by atoms with E-state index < -0.39 is 11.5 Å². The molecule has 0 heterocycles. The van der Waals surface area contributed by atoms with E-state index in [9.17, 15) is 9.90 Å². The third-order valence-electron chi connectivity index (χ3n) is 3.58. The lowest BCUT2D eigenvalue weighted by Crippen LogP contribution is -2.55. The van der Waals surface area contributed by atoms with E-state index >= 15 is 0 Å². The summed E-state index contributed by atoms with van der Waals surface area (Å²) in [5.41, 5.74) is -0.825. The van der Waals surface area contributed by atoms with Gasteiger partial charge in [0.2, 0.25) is 0 Å². The molecule has 1 aliphatic carbocycles. The van der Waals surface area contributed by atoms with Crippen molar-refractivity contribution in [1.29, 1.82) is 0 Å². The number of carbonyl (C=O) groups is 1. The van der Waals surface area contributed by atoms with E-state index in [0.29, 0.717) is 26.1 Å². The molecule has 0 aromatic heterocycles. The van der Waals surface area contributed by atoms with Crippen LogP contribution in [0.3, 0.4) is 0 Å². The normalized spacial score (nSPS) is 30.1. The Morgan fingerprint density at radius 3 is 2.89 bits per heavy atom. The monoisotopic (exact) mass is 259 g/mol. The quantitative estimate of drug-likeness (QED) is 0.723. The number of likely N-dealkylation sites (N-methyl/N-ethyl adjacent to an activating group) is 1. The summed E-state index contributed by atoms with van der Waals surface area (Å²) in [4.78, 5) is 11.4. The summed E-state index contributed by atoms with van der Waals surface area (Å²) in [6.45, 7) is 5.15. The predicted octanol–water partition coefficient (Wildman–Crippen LogP) is 1.41. The summed E-state index contributed by atoms with van der Waals surface area (Å²) in [5.74, 6) is -0.782. The van der Waals surface area contributed by atoms with Gasteiger partial charge in [0.1, 0.15) is 5.54 Å². The van der Waals surface area contributed by atoms with E-state index in [-0.39, 0.29) is 12.2 Å². The molecule has 0 radical (unpaired) electrons. The van der Waals surface area contributed by atoms with Gasteiger partial charge in [-0.2, -0.15) is 0 Å². The van der Waals surface area contributed by atoms with Gasteiger partial charge in [-0.3, -0.25) is 4.79 Å². The van der Waals surface area contributed by atoms with Gasteiger partial charge in [0.15, 0.2) is 0 Å². The van der Waals surface area contributed by atoms with Crippen molar-refractivity contribution >= 4 is 5.97 Å². The van der Waals surface area contributed by atoms with E-state index in [1.165, 1.54) is 0 Å². The smallest absolute Gasteiger partial charge is 0.323 e. The Balaban J connectivity index is 2.50. The third-order valence-corrected chi connectivity index (χ3v) is 3.58. The summed E-state index contributed by atoms with van der Waals surface area (Å²) in [5, 5.41) is 12.3. The lowest BCUT2D eigenvalue weighted by atomic mass is 9.80. The van der Waals surface area contributed by atoms with Gasteiger partial charge in [0, 0.05) is 13.0 Å². The van der Waals surface area contributed by atoms with Gasteiger partial charge < -0.3 is 19.9 Å². The van der Waals surface area contributed by atoms with Crippen LogP contribution in [0.2, 0.25) is 0 Å². The fraction of sp³-hybridized carbons (Fsp3) is 0.923. The summed E-state index contributed by atoms with van der Waals surface area (Å²) < 4.78 is 11.2. The second-order valence-corrected chi connectivity index (χ2v) is 4.96. The second-order valence-electron chi connectivity index (χ2n) is 4.96. The number of rotatable bonds is 7. The molecule has 0 spiro atoms. The van der Waals surface area contributed by atoms with Gasteiger partial charge in [0.25, 0.3) is 0 Å². The minimum absolute atomic E-state index is 0.00208. The third kappa shape index (κ3) is 3.93. The van der Waals surface area contributed by atoms with E-state index in [2.05, 4.69) is 5.32 Å². The molecule has 2 N–H and O–H groups in total. The van der Waals surface area contributed by atoms with Crippen LogP contribution < -0.4 is 5.32 Å². The molecule has 0 aromatic carbocycles. The Morgan fingerprint density at radius 2 is 2.33 bits per heavy atom.